The molecular weight excluding hydrogens is 523 g/mol. The number of nitrogens with one attached hydrogen (secondary N) is 2. The van der Waals surface area contributed by atoms with Crippen molar-refractivity contribution in [1.82, 2.24) is 10.6 Å². The van der Waals surface area contributed by atoms with E-state index in [4.69, 9.17) is 37.4 Å². The van der Waals surface area contributed by atoms with Crippen LogP contribution in [0.3, 0.4) is 0 Å². The minimum absolute atomic E-state index is 0.00664. The molecule has 0 saturated carbocycles. The number of hydrogen-bond acceptors (Lipinski definition) is 7. The van der Waals surface area contributed by atoms with Gasteiger partial charge in [-0.1, -0.05) is 35.3 Å². The summed E-state index contributed by atoms with van der Waals surface area (Å²) in [5.74, 6) is -0.960. The smallest absolute Gasteiger partial charge is 0.354 e. The molecule has 3 N–H and O–H groups in total. The summed E-state index contributed by atoms with van der Waals surface area (Å²) in [6, 6.07) is 13.7. The molecule has 0 spiro atoms. The minimum Gasteiger partial charge on any atom is -0.508 e. The molecule has 0 radical (unpaired) electrons. The average molecular weight is 543 g/mol. The Morgan fingerprint density at radius 3 is 2.46 bits per heavy atom. The third-order valence-corrected chi connectivity index (χ3v) is 5.92. The zero-order valence-electron chi connectivity index (χ0n) is 19.3. The van der Waals surface area contributed by atoms with Crippen LogP contribution in [0, 0.1) is 0 Å². The van der Waals surface area contributed by atoms with E-state index in [1.54, 1.807) is 18.2 Å². The van der Waals surface area contributed by atoms with Crippen molar-refractivity contribution in [2.24, 2.45) is 0 Å². The maximum atomic E-state index is 12.9. The molecule has 3 aromatic rings. The highest BCUT2D eigenvalue weighted by molar-refractivity contribution is 6.34. The fourth-order valence-electron chi connectivity index (χ4n) is 3.44. The summed E-state index contributed by atoms with van der Waals surface area (Å²) in [6.07, 6.45) is 1.34. The number of methoxy groups -OCH3 is 1. The van der Waals surface area contributed by atoms with Crippen molar-refractivity contribution in [3.63, 3.8) is 0 Å². The average Bonchev–Trinajstić information content (AvgIpc) is 3.33. The van der Waals surface area contributed by atoms with E-state index >= 15 is 0 Å². The van der Waals surface area contributed by atoms with Crippen molar-refractivity contribution in [1.29, 1.82) is 0 Å². The fourth-order valence-corrected chi connectivity index (χ4v) is 3.91. The number of carbonyl (C=O) groups is 3. The lowest BCUT2D eigenvalue weighted by Crippen LogP contribution is -2.28. The van der Waals surface area contributed by atoms with Crippen LogP contribution >= 0.6 is 23.2 Å². The summed E-state index contributed by atoms with van der Waals surface area (Å²) in [5.41, 5.74) is 1.14. The van der Waals surface area contributed by atoms with Crippen molar-refractivity contribution in [3.05, 3.63) is 92.6 Å². The number of esters is 1. The molecule has 3 aromatic carbocycles. The van der Waals surface area contributed by atoms with Gasteiger partial charge >= 0.3 is 5.97 Å². The summed E-state index contributed by atoms with van der Waals surface area (Å²) in [6.45, 7) is 0.227. The van der Waals surface area contributed by atoms with E-state index in [0.717, 1.165) is 0 Å². The number of phenolic OH excluding ortho intramolecular Hbond substituents is 1. The number of aromatic hydroxyl groups is 1. The molecule has 37 heavy (non-hydrogen) atoms. The Morgan fingerprint density at radius 1 is 1.00 bits per heavy atom. The molecule has 0 saturated heterocycles. The highest BCUT2D eigenvalue weighted by Gasteiger charge is 2.21. The predicted molar refractivity (Wildman–Crippen MR) is 136 cm³/mol. The summed E-state index contributed by atoms with van der Waals surface area (Å²) in [5, 5.41) is 15.0. The third-order valence-electron chi connectivity index (χ3n) is 5.28. The van der Waals surface area contributed by atoms with Crippen LogP contribution in [0.15, 0.2) is 60.3 Å². The second-order valence-electron chi connectivity index (χ2n) is 7.78. The van der Waals surface area contributed by atoms with Crippen LogP contribution in [-0.2, 0) is 16.1 Å². The maximum absolute atomic E-state index is 12.9. The van der Waals surface area contributed by atoms with Crippen molar-refractivity contribution < 1.29 is 33.7 Å². The zero-order chi connectivity index (χ0) is 26.5. The van der Waals surface area contributed by atoms with Gasteiger partial charge in [-0.15, -0.1) is 0 Å². The van der Waals surface area contributed by atoms with E-state index in [0.29, 0.717) is 22.6 Å². The summed E-state index contributed by atoms with van der Waals surface area (Å²) in [7, 11) is 1.17. The number of rotatable bonds is 7. The van der Waals surface area contributed by atoms with Gasteiger partial charge in [-0.05, 0) is 53.6 Å². The van der Waals surface area contributed by atoms with E-state index in [1.807, 2.05) is 0 Å². The molecule has 9 nitrogen and oxygen atoms in total. The topological polar surface area (TPSA) is 123 Å². The second kappa shape index (κ2) is 11.2. The number of amides is 2. The monoisotopic (exact) mass is 542 g/mol. The molecule has 0 bridgehead atoms. The Bertz CT molecular complexity index is 1420. The Balaban J connectivity index is 1.50. The first-order valence-electron chi connectivity index (χ1n) is 10.8. The molecule has 190 valence electrons. The van der Waals surface area contributed by atoms with Gasteiger partial charge in [0, 0.05) is 18.2 Å². The van der Waals surface area contributed by atoms with E-state index in [-0.39, 0.29) is 46.0 Å². The van der Waals surface area contributed by atoms with Crippen LogP contribution in [0.1, 0.15) is 31.8 Å². The van der Waals surface area contributed by atoms with E-state index in [1.165, 1.54) is 49.6 Å². The van der Waals surface area contributed by atoms with Gasteiger partial charge in [0.15, 0.2) is 11.5 Å². The number of halogens is 2. The Kier molecular flexibility index (Phi) is 7.86. The van der Waals surface area contributed by atoms with Crippen LogP contribution in [0.25, 0.3) is 6.08 Å². The van der Waals surface area contributed by atoms with Crippen LogP contribution in [0.2, 0.25) is 10.0 Å². The Morgan fingerprint density at radius 2 is 1.76 bits per heavy atom. The molecule has 1 heterocycles. The standard InChI is InChI=1S/C26H20Cl2N2O7/c1-35-26(34)21(9-16-10-22-23(11-19(16)27)37-13-36-22)30-25(33)18-6-5-15(8-20(18)28)24(32)29-12-14-3-2-4-17(31)7-14/h2-11,31H,12-13H2,1H3,(H,29,32)(H,30,33)/b21-9-. The number of carbonyl (C=O) groups excluding carboxylic acids is 3. The lowest BCUT2D eigenvalue weighted by atomic mass is 10.1. The van der Waals surface area contributed by atoms with E-state index in [9.17, 15) is 19.5 Å². The van der Waals surface area contributed by atoms with E-state index in [2.05, 4.69) is 10.6 Å². The van der Waals surface area contributed by atoms with Gasteiger partial charge in [-0.2, -0.15) is 0 Å². The first kappa shape index (κ1) is 25.9. The molecule has 4 rings (SSSR count). The van der Waals surface area contributed by atoms with E-state index < -0.39 is 17.8 Å². The van der Waals surface area contributed by atoms with Crippen LogP contribution in [0.5, 0.6) is 17.2 Å². The Labute approximate surface area is 221 Å². The van der Waals surface area contributed by atoms with Gasteiger partial charge in [-0.25, -0.2) is 4.79 Å². The number of benzene rings is 3. The van der Waals surface area contributed by atoms with Crippen LogP contribution in [0.4, 0.5) is 0 Å². The Hall–Kier alpha value is -4.21. The normalized spacial score (nSPS) is 12.1. The maximum Gasteiger partial charge on any atom is 0.354 e. The molecule has 0 aromatic heterocycles. The van der Waals surface area contributed by atoms with Gasteiger partial charge in [0.25, 0.3) is 11.8 Å². The summed E-state index contributed by atoms with van der Waals surface area (Å²) < 4.78 is 15.4. The van der Waals surface area contributed by atoms with Crippen molar-refractivity contribution in [2.75, 3.05) is 13.9 Å². The molecular formula is C26H20Cl2N2O7. The molecule has 0 atom stereocenters. The van der Waals surface area contributed by atoms with Gasteiger partial charge in [0.05, 0.1) is 22.7 Å². The fraction of sp³-hybridized carbons (Fsp3) is 0.115. The molecule has 0 fully saturated rings. The van der Waals surface area contributed by atoms with Gasteiger partial charge in [0.1, 0.15) is 11.4 Å². The first-order valence-corrected chi connectivity index (χ1v) is 11.6. The number of fused-ring (bicyclic) bond motifs is 1. The second-order valence-corrected chi connectivity index (χ2v) is 8.59. The van der Waals surface area contributed by atoms with Crippen molar-refractivity contribution in [3.8, 4) is 17.2 Å². The number of ether oxygens (including phenoxy) is 3. The van der Waals surface area contributed by atoms with Crippen LogP contribution < -0.4 is 20.1 Å². The SMILES string of the molecule is COC(=O)/C(=C/c1cc2c(cc1Cl)OCO2)NC(=O)c1ccc(C(=O)NCc2cccc(O)c2)cc1Cl. The molecule has 0 unspecified atom stereocenters. The van der Waals surface area contributed by atoms with Crippen LogP contribution in [-0.4, -0.2) is 36.8 Å². The van der Waals surface area contributed by atoms with Gasteiger partial charge in [-0.3, -0.25) is 9.59 Å². The summed E-state index contributed by atoms with van der Waals surface area (Å²) >= 11 is 12.6. The number of hydrogen-bond donors (Lipinski definition) is 3. The predicted octanol–water partition coefficient (Wildman–Crippen LogP) is 4.30. The third kappa shape index (κ3) is 6.14. The molecule has 2 amide bonds. The lowest BCUT2D eigenvalue weighted by molar-refractivity contribution is -0.136. The molecule has 0 aliphatic carbocycles. The lowest BCUT2D eigenvalue weighted by Gasteiger charge is -2.11. The zero-order valence-corrected chi connectivity index (χ0v) is 20.9. The van der Waals surface area contributed by atoms with Crippen molar-refractivity contribution >= 4 is 47.1 Å². The van der Waals surface area contributed by atoms with Gasteiger partial charge < -0.3 is 30.0 Å². The summed E-state index contributed by atoms with van der Waals surface area (Å²) in [4.78, 5) is 37.8. The minimum atomic E-state index is -0.818. The van der Waals surface area contributed by atoms with Gasteiger partial charge in [0.2, 0.25) is 6.79 Å². The first-order chi connectivity index (χ1) is 17.7. The number of phenols is 1. The molecule has 1 aliphatic rings. The largest absolute Gasteiger partial charge is 0.508 e. The molecule has 1 aliphatic heterocycles. The highest BCUT2D eigenvalue weighted by atomic mass is 35.5. The highest BCUT2D eigenvalue weighted by Crippen LogP contribution is 2.37. The quantitative estimate of drug-likeness (QED) is 0.300. The van der Waals surface area contributed by atoms with Crippen molar-refractivity contribution in [2.45, 2.75) is 6.54 Å². The molecule has 11 heteroatoms.